The van der Waals surface area contributed by atoms with Crippen molar-refractivity contribution in [3.8, 4) is 0 Å². The second-order valence-corrected chi connectivity index (χ2v) is 6.21. The molecule has 1 aliphatic carbocycles. The zero-order chi connectivity index (χ0) is 12.7. The Hall–Kier alpha value is -0.120. The average molecular weight is 242 g/mol. The zero-order valence-electron chi connectivity index (χ0n) is 11.8. The van der Waals surface area contributed by atoms with Gasteiger partial charge in [0.1, 0.15) is 0 Å². The van der Waals surface area contributed by atoms with Gasteiger partial charge in [0.2, 0.25) is 0 Å². The molecule has 0 heterocycles. The van der Waals surface area contributed by atoms with Crippen molar-refractivity contribution in [1.29, 1.82) is 0 Å². The normalized spacial score (nSPS) is 25.8. The van der Waals surface area contributed by atoms with Gasteiger partial charge in [-0.15, -0.1) is 0 Å². The van der Waals surface area contributed by atoms with Crippen molar-refractivity contribution < 1.29 is 4.74 Å². The van der Waals surface area contributed by atoms with Gasteiger partial charge < -0.3 is 15.8 Å². The maximum Gasteiger partial charge on any atom is 0.0615 e. The van der Waals surface area contributed by atoms with Crippen LogP contribution in [0.4, 0.5) is 0 Å². The third-order valence-corrected chi connectivity index (χ3v) is 3.80. The van der Waals surface area contributed by atoms with Gasteiger partial charge >= 0.3 is 0 Å². The van der Waals surface area contributed by atoms with Gasteiger partial charge in [-0.3, -0.25) is 0 Å². The largest absolute Gasteiger partial charge is 0.383 e. The van der Waals surface area contributed by atoms with Crippen molar-refractivity contribution in [1.82, 2.24) is 5.32 Å². The smallest absolute Gasteiger partial charge is 0.0615 e. The van der Waals surface area contributed by atoms with Gasteiger partial charge in [-0.25, -0.2) is 0 Å². The maximum atomic E-state index is 5.58. The van der Waals surface area contributed by atoms with Crippen molar-refractivity contribution in [2.75, 3.05) is 20.3 Å². The van der Waals surface area contributed by atoms with Crippen LogP contribution in [0.5, 0.6) is 0 Å². The minimum Gasteiger partial charge on any atom is -0.383 e. The van der Waals surface area contributed by atoms with Crippen LogP contribution in [0.3, 0.4) is 0 Å². The second kappa shape index (κ2) is 7.34. The summed E-state index contributed by atoms with van der Waals surface area (Å²) < 4.78 is 5.29. The molecule has 3 N–H and O–H groups in total. The summed E-state index contributed by atoms with van der Waals surface area (Å²) in [5.74, 6) is 0. The van der Waals surface area contributed by atoms with E-state index in [1.807, 2.05) is 0 Å². The summed E-state index contributed by atoms with van der Waals surface area (Å²) in [7, 11) is 1.78. The minimum absolute atomic E-state index is 0.474. The first-order chi connectivity index (χ1) is 8.07. The third-order valence-electron chi connectivity index (χ3n) is 3.80. The molecule has 1 aliphatic rings. The molecular weight excluding hydrogens is 212 g/mol. The molecule has 0 saturated heterocycles. The van der Waals surface area contributed by atoms with Crippen LogP contribution >= 0.6 is 0 Å². The van der Waals surface area contributed by atoms with Crippen LogP contribution in [0, 0.1) is 5.41 Å². The molecule has 0 aromatic heterocycles. The van der Waals surface area contributed by atoms with Gasteiger partial charge in [0.15, 0.2) is 0 Å². The van der Waals surface area contributed by atoms with Crippen LogP contribution in [-0.4, -0.2) is 32.3 Å². The van der Waals surface area contributed by atoms with E-state index in [1.54, 1.807) is 7.11 Å². The molecule has 0 spiro atoms. The number of methoxy groups -OCH3 is 1. The Bertz CT molecular complexity index is 206. The third kappa shape index (κ3) is 5.84. The predicted octanol–water partition coefficient (Wildman–Crippen LogP) is 2.30. The molecular formula is C14H30N2O. The lowest BCUT2D eigenvalue weighted by atomic mass is 9.75. The average Bonchev–Trinajstić information content (AvgIpc) is 2.25. The number of nitrogens with one attached hydrogen (secondary N) is 1. The Morgan fingerprint density at radius 3 is 2.82 bits per heavy atom. The van der Waals surface area contributed by atoms with Crippen molar-refractivity contribution >= 4 is 0 Å². The molecule has 3 heteroatoms. The van der Waals surface area contributed by atoms with Crippen LogP contribution in [0.1, 0.15) is 52.4 Å². The van der Waals surface area contributed by atoms with Gasteiger partial charge in [0, 0.05) is 19.2 Å². The molecule has 1 saturated carbocycles. The van der Waals surface area contributed by atoms with Gasteiger partial charge in [-0.2, -0.15) is 0 Å². The maximum absolute atomic E-state index is 5.58. The first-order valence-electron chi connectivity index (χ1n) is 7.02. The van der Waals surface area contributed by atoms with Crippen molar-refractivity contribution in [2.45, 2.75) is 64.5 Å². The lowest BCUT2D eigenvalue weighted by Gasteiger charge is -2.37. The van der Waals surface area contributed by atoms with Crippen molar-refractivity contribution in [3.63, 3.8) is 0 Å². The second-order valence-electron chi connectivity index (χ2n) is 6.21. The number of hydrogen-bond donors (Lipinski definition) is 2. The van der Waals surface area contributed by atoms with Gasteiger partial charge in [-0.1, -0.05) is 20.3 Å². The van der Waals surface area contributed by atoms with Crippen LogP contribution in [0.15, 0.2) is 0 Å². The lowest BCUT2D eigenvalue weighted by Crippen LogP contribution is -2.45. The van der Waals surface area contributed by atoms with E-state index in [-0.39, 0.29) is 0 Å². The fraction of sp³-hybridized carbons (Fsp3) is 1.00. The highest BCUT2D eigenvalue weighted by Crippen LogP contribution is 2.35. The van der Waals surface area contributed by atoms with Crippen LogP contribution in [0.25, 0.3) is 0 Å². The molecule has 2 unspecified atom stereocenters. The predicted molar refractivity (Wildman–Crippen MR) is 73.1 cm³/mol. The minimum atomic E-state index is 0.474. The van der Waals surface area contributed by atoms with E-state index in [2.05, 4.69) is 19.2 Å². The Kier molecular flexibility index (Phi) is 6.45. The topological polar surface area (TPSA) is 47.3 Å². The van der Waals surface area contributed by atoms with Gasteiger partial charge in [-0.05, 0) is 44.1 Å². The van der Waals surface area contributed by atoms with Crippen LogP contribution < -0.4 is 11.1 Å². The molecule has 2 atom stereocenters. The van der Waals surface area contributed by atoms with E-state index in [0.717, 1.165) is 26.0 Å². The van der Waals surface area contributed by atoms with E-state index in [9.17, 15) is 0 Å². The molecule has 0 aliphatic heterocycles. The number of hydrogen-bond acceptors (Lipinski definition) is 3. The summed E-state index contributed by atoms with van der Waals surface area (Å²) in [6.07, 6.45) is 7.52. The first kappa shape index (κ1) is 14.9. The first-order valence-corrected chi connectivity index (χ1v) is 7.02. The number of ether oxygens (including phenoxy) is 1. The van der Waals surface area contributed by atoms with E-state index >= 15 is 0 Å². The van der Waals surface area contributed by atoms with Gasteiger partial charge in [0.05, 0.1) is 6.61 Å². The Morgan fingerprint density at radius 2 is 2.24 bits per heavy atom. The van der Waals surface area contributed by atoms with Gasteiger partial charge in [0.25, 0.3) is 0 Å². The summed E-state index contributed by atoms with van der Waals surface area (Å²) in [5, 5.41) is 3.77. The molecule has 0 aromatic carbocycles. The molecule has 0 bridgehead atoms. The highest BCUT2D eigenvalue weighted by Gasteiger charge is 2.28. The molecule has 102 valence electrons. The molecule has 0 aromatic rings. The summed E-state index contributed by atoms with van der Waals surface area (Å²) in [4.78, 5) is 0. The van der Waals surface area contributed by atoms with E-state index in [4.69, 9.17) is 10.5 Å². The molecule has 0 amide bonds. The molecule has 3 nitrogen and oxygen atoms in total. The Balaban J connectivity index is 2.37. The van der Waals surface area contributed by atoms with Crippen molar-refractivity contribution in [2.24, 2.45) is 11.1 Å². The number of nitrogens with two attached hydrogens (primary N) is 1. The SMILES string of the molecule is COCC(CCCN)NC1CCCC(C)(C)C1. The summed E-state index contributed by atoms with van der Waals surface area (Å²) in [6, 6.07) is 1.14. The number of rotatable bonds is 7. The standard InChI is InChI=1S/C14H30N2O/c1-14(2)8-4-6-12(10-14)16-13(11-17-3)7-5-9-15/h12-13,16H,4-11,15H2,1-3H3. The summed E-state index contributed by atoms with van der Waals surface area (Å²) in [5.41, 5.74) is 6.08. The van der Waals surface area contributed by atoms with Crippen LogP contribution in [-0.2, 0) is 4.74 Å². The fourth-order valence-electron chi connectivity index (χ4n) is 2.95. The molecule has 1 fully saturated rings. The Morgan fingerprint density at radius 1 is 1.47 bits per heavy atom. The van der Waals surface area contributed by atoms with E-state index in [1.165, 1.54) is 25.7 Å². The summed E-state index contributed by atoms with van der Waals surface area (Å²) >= 11 is 0. The van der Waals surface area contributed by atoms with E-state index in [0.29, 0.717) is 17.5 Å². The lowest BCUT2D eigenvalue weighted by molar-refractivity contribution is 0.133. The Labute approximate surface area is 106 Å². The highest BCUT2D eigenvalue weighted by molar-refractivity contribution is 4.85. The quantitative estimate of drug-likeness (QED) is 0.720. The molecule has 0 radical (unpaired) electrons. The highest BCUT2D eigenvalue weighted by atomic mass is 16.5. The fourth-order valence-corrected chi connectivity index (χ4v) is 2.95. The summed E-state index contributed by atoms with van der Waals surface area (Å²) in [6.45, 7) is 6.34. The molecule has 1 rings (SSSR count). The van der Waals surface area contributed by atoms with Crippen LogP contribution in [0.2, 0.25) is 0 Å². The van der Waals surface area contributed by atoms with Crippen molar-refractivity contribution in [3.05, 3.63) is 0 Å². The molecule has 17 heavy (non-hydrogen) atoms. The van der Waals surface area contributed by atoms with E-state index < -0.39 is 0 Å². The monoisotopic (exact) mass is 242 g/mol. The zero-order valence-corrected chi connectivity index (χ0v) is 11.8.